The molecule has 1 heterocycles. The Morgan fingerprint density at radius 3 is 2.46 bits per heavy atom. The standard InChI is InChI=1S/C8H16N2O2S/c9-8-2-1-5-10(8)13(11,12)6-7-3-4-7/h7-8H,1-6,9H2. The van der Waals surface area contributed by atoms with E-state index < -0.39 is 10.0 Å². The van der Waals surface area contributed by atoms with Crippen molar-refractivity contribution in [2.24, 2.45) is 11.7 Å². The predicted molar refractivity (Wildman–Crippen MR) is 50.4 cm³/mol. The van der Waals surface area contributed by atoms with Crippen LogP contribution in [0.3, 0.4) is 0 Å². The molecule has 13 heavy (non-hydrogen) atoms. The van der Waals surface area contributed by atoms with Gasteiger partial charge in [0.25, 0.3) is 0 Å². The number of hydrogen-bond donors (Lipinski definition) is 1. The lowest BCUT2D eigenvalue weighted by Gasteiger charge is -2.20. The van der Waals surface area contributed by atoms with Gasteiger partial charge in [0.2, 0.25) is 10.0 Å². The quantitative estimate of drug-likeness (QED) is 0.709. The second-order valence-electron chi connectivity index (χ2n) is 4.04. The van der Waals surface area contributed by atoms with Crippen LogP contribution in [-0.4, -0.2) is 31.2 Å². The van der Waals surface area contributed by atoms with E-state index in [1.165, 1.54) is 4.31 Å². The summed E-state index contributed by atoms with van der Waals surface area (Å²) in [6.45, 7) is 0.621. The second kappa shape index (κ2) is 3.22. The van der Waals surface area contributed by atoms with E-state index in [0.29, 0.717) is 18.2 Å². The van der Waals surface area contributed by atoms with Crippen LogP contribution in [0.5, 0.6) is 0 Å². The minimum absolute atomic E-state index is 0.260. The number of hydrogen-bond acceptors (Lipinski definition) is 3. The molecule has 1 saturated carbocycles. The van der Waals surface area contributed by atoms with Gasteiger partial charge in [-0.05, 0) is 31.6 Å². The molecule has 0 spiro atoms. The van der Waals surface area contributed by atoms with Gasteiger partial charge in [0.1, 0.15) is 0 Å². The van der Waals surface area contributed by atoms with Crippen LogP contribution in [0.2, 0.25) is 0 Å². The van der Waals surface area contributed by atoms with Crippen LogP contribution >= 0.6 is 0 Å². The first-order valence-electron chi connectivity index (χ1n) is 4.85. The van der Waals surface area contributed by atoms with Crippen molar-refractivity contribution in [3.8, 4) is 0 Å². The van der Waals surface area contributed by atoms with Gasteiger partial charge >= 0.3 is 0 Å². The molecule has 2 rings (SSSR count). The molecule has 0 bridgehead atoms. The van der Waals surface area contributed by atoms with Crippen molar-refractivity contribution in [2.45, 2.75) is 31.8 Å². The van der Waals surface area contributed by atoms with Crippen LogP contribution in [0.1, 0.15) is 25.7 Å². The van der Waals surface area contributed by atoms with Gasteiger partial charge in [0.05, 0.1) is 11.9 Å². The molecule has 0 aromatic rings. The van der Waals surface area contributed by atoms with Gasteiger partial charge in [0.15, 0.2) is 0 Å². The maximum Gasteiger partial charge on any atom is 0.215 e. The topological polar surface area (TPSA) is 63.4 Å². The zero-order valence-electron chi connectivity index (χ0n) is 7.65. The molecule has 4 nitrogen and oxygen atoms in total. The molecule has 2 fully saturated rings. The van der Waals surface area contributed by atoms with E-state index in [9.17, 15) is 8.42 Å². The van der Waals surface area contributed by atoms with Gasteiger partial charge in [-0.15, -0.1) is 0 Å². The third-order valence-corrected chi connectivity index (χ3v) is 4.81. The Kier molecular flexibility index (Phi) is 2.33. The smallest absolute Gasteiger partial charge is 0.215 e. The Balaban J connectivity index is 2.03. The fraction of sp³-hybridized carbons (Fsp3) is 1.00. The molecule has 2 aliphatic rings. The molecule has 1 unspecified atom stereocenters. The highest BCUT2D eigenvalue weighted by Gasteiger charge is 2.36. The average molecular weight is 204 g/mol. The summed E-state index contributed by atoms with van der Waals surface area (Å²) in [7, 11) is -3.04. The van der Waals surface area contributed by atoms with Crippen molar-refractivity contribution in [3.63, 3.8) is 0 Å². The maximum absolute atomic E-state index is 11.7. The molecule has 0 radical (unpaired) electrons. The van der Waals surface area contributed by atoms with Gasteiger partial charge in [-0.3, -0.25) is 0 Å². The fourth-order valence-corrected chi connectivity index (χ4v) is 3.84. The molecule has 76 valence electrons. The second-order valence-corrected chi connectivity index (χ2v) is 6.01. The number of rotatable bonds is 3. The van der Waals surface area contributed by atoms with E-state index >= 15 is 0 Å². The summed E-state index contributed by atoms with van der Waals surface area (Å²) in [6, 6.07) is 0. The van der Waals surface area contributed by atoms with E-state index in [1.54, 1.807) is 0 Å². The average Bonchev–Trinajstić information content (AvgIpc) is 2.69. The summed E-state index contributed by atoms with van der Waals surface area (Å²) in [5, 5.41) is 0. The number of sulfonamides is 1. The first-order valence-corrected chi connectivity index (χ1v) is 6.45. The summed E-state index contributed by atoms with van der Waals surface area (Å²) >= 11 is 0. The summed E-state index contributed by atoms with van der Waals surface area (Å²) in [4.78, 5) is 0. The van der Waals surface area contributed by atoms with Gasteiger partial charge in [-0.1, -0.05) is 0 Å². The van der Waals surface area contributed by atoms with Crippen LogP contribution in [0.4, 0.5) is 0 Å². The largest absolute Gasteiger partial charge is 0.315 e. The van der Waals surface area contributed by atoms with Gasteiger partial charge in [0, 0.05) is 6.54 Å². The zero-order valence-corrected chi connectivity index (χ0v) is 8.46. The molecule has 0 aromatic carbocycles. The summed E-state index contributed by atoms with van der Waals surface area (Å²) < 4.78 is 25.0. The van der Waals surface area contributed by atoms with Crippen LogP contribution in [-0.2, 0) is 10.0 Å². The van der Waals surface area contributed by atoms with Crippen molar-refractivity contribution >= 4 is 10.0 Å². The lowest BCUT2D eigenvalue weighted by atomic mass is 10.3. The van der Waals surface area contributed by atoms with Crippen LogP contribution < -0.4 is 5.73 Å². The van der Waals surface area contributed by atoms with Gasteiger partial charge < -0.3 is 5.73 Å². The van der Waals surface area contributed by atoms with Gasteiger partial charge in [-0.2, -0.15) is 4.31 Å². The Labute approximate surface area is 79.1 Å². The first-order chi connectivity index (χ1) is 6.09. The highest BCUT2D eigenvalue weighted by atomic mass is 32.2. The van der Waals surface area contributed by atoms with Crippen molar-refractivity contribution in [3.05, 3.63) is 0 Å². The van der Waals surface area contributed by atoms with E-state index in [1.807, 2.05) is 0 Å². The summed E-state index contributed by atoms with van der Waals surface area (Å²) in [6.07, 6.45) is 3.60. The summed E-state index contributed by atoms with van der Waals surface area (Å²) in [5.41, 5.74) is 5.71. The maximum atomic E-state index is 11.7. The normalized spacial score (nSPS) is 31.0. The van der Waals surface area contributed by atoms with Crippen molar-refractivity contribution in [1.82, 2.24) is 4.31 Å². The Morgan fingerprint density at radius 2 is 2.00 bits per heavy atom. The van der Waals surface area contributed by atoms with E-state index in [2.05, 4.69) is 0 Å². The number of nitrogens with two attached hydrogens (primary N) is 1. The molecule has 1 aliphatic heterocycles. The molecule has 5 heteroatoms. The van der Waals surface area contributed by atoms with Crippen LogP contribution in [0, 0.1) is 5.92 Å². The minimum atomic E-state index is -3.04. The Bertz CT molecular complexity index is 285. The minimum Gasteiger partial charge on any atom is -0.315 e. The van der Waals surface area contributed by atoms with Crippen molar-refractivity contribution in [2.75, 3.05) is 12.3 Å². The SMILES string of the molecule is NC1CCCN1S(=O)(=O)CC1CC1. The monoisotopic (exact) mass is 204 g/mol. The molecule has 0 amide bonds. The lowest BCUT2D eigenvalue weighted by molar-refractivity contribution is 0.394. The highest BCUT2D eigenvalue weighted by molar-refractivity contribution is 7.89. The molecule has 1 saturated heterocycles. The highest BCUT2D eigenvalue weighted by Crippen LogP contribution is 2.32. The number of nitrogens with zero attached hydrogens (tertiary/aromatic N) is 1. The van der Waals surface area contributed by atoms with Crippen molar-refractivity contribution < 1.29 is 8.42 Å². The molecule has 2 N–H and O–H groups in total. The molecular weight excluding hydrogens is 188 g/mol. The zero-order chi connectivity index (χ0) is 9.47. The van der Waals surface area contributed by atoms with E-state index in [0.717, 1.165) is 25.7 Å². The molecule has 1 aliphatic carbocycles. The lowest BCUT2D eigenvalue weighted by Crippen LogP contribution is -2.42. The molecule has 0 aromatic heterocycles. The Morgan fingerprint density at radius 1 is 1.31 bits per heavy atom. The summed E-state index contributed by atoms with van der Waals surface area (Å²) in [5.74, 6) is 0.735. The molecule has 1 atom stereocenters. The van der Waals surface area contributed by atoms with Gasteiger partial charge in [-0.25, -0.2) is 8.42 Å². The third-order valence-electron chi connectivity index (χ3n) is 2.75. The van der Waals surface area contributed by atoms with E-state index in [-0.39, 0.29) is 6.17 Å². The fourth-order valence-electron chi connectivity index (χ4n) is 1.79. The molecular formula is C8H16N2O2S. The van der Waals surface area contributed by atoms with Crippen molar-refractivity contribution in [1.29, 1.82) is 0 Å². The van der Waals surface area contributed by atoms with Crippen LogP contribution in [0.15, 0.2) is 0 Å². The first kappa shape index (κ1) is 9.43. The predicted octanol–water partition coefficient (Wildman–Crippen LogP) is 0.107. The van der Waals surface area contributed by atoms with E-state index in [4.69, 9.17) is 5.73 Å². The Hall–Kier alpha value is -0.130. The third kappa shape index (κ3) is 2.03. The van der Waals surface area contributed by atoms with Crippen LogP contribution in [0.25, 0.3) is 0 Å².